The first-order chi connectivity index (χ1) is 11.8. The molecular weight excluding hydrogens is 292 g/mol. The molecule has 1 heteroatoms. The number of Topliss-reactive ketones (excluding diaryl/α,β-unsaturated/α-hetero) is 1. The van der Waals surface area contributed by atoms with Gasteiger partial charge in [-0.25, -0.2) is 0 Å². The lowest BCUT2D eigenvalue weighted by Gasteiger charge is -2.39. The molecule has 0 amide bonds. The van der Waals surface area contributed by atoms with Gasteiger partial charge in [-0.1, -0.05) is 58.3 Å². The molecule has 3 aliphatic carbocycles. The van der Waals surface area contributed by atoms with Crippen molar-refractivity contribution in [2.24, 2.45) is 29.6 Å². The van der Waals surface area contributed by atoms with Gasteiger partial charge in [0.2, 0.25) is 0 Å². The van der Waals surface area contributed by atoms with Crippen molar-refractivity contribution in [2.75, 3.05) is 0 Å². The summed E-state index contributed by atoms with van der Waals surface area (Å²) in [4.78, 5) is 12.5. The van der Waals surface area contributed by atoms with Gasteiger partial charge in [-0.05, 0) is 68.6 Å². The van der Waals surface area contributed by atoms with Crippen LogP contribution in [-0.2, 0) is 4.79 Å². The van der Waals surface area contributed by atoms with Crippen molar-refractivity contribution in [3.05, 3.63) is 0 Å². The maximum atomic E-state index is 12.5. The highest BCUT2D eigenvalue weighted by atomic mass is 16.1. The van der Waals surface area contributed by atoms with Crippen LogP contribution in [0.5, 0.6) is 0 Å². The summed E-state index contributed by atoms with van der Waals surface area (Å²) in [6, 6.07) is 0. The van der Waals surface area contributed by atoms with E-state index in [0.717, 1.165) is 30.1 Å². The van der Waals surface area contributed by atoms with Crippen molar-refractivity contribution < 1.29 is 4.79 Å². The molecule has 138 valence electrons. The maximum Gasteiger partial charge on any atom is 0.135 e. The Balaban J connectivity index is 1.31. The van der Waals surface area contributed by atoms with Gasteiger partial charge >= 0.3 is 0 Å². The van der Waals surface area contributed by atoms with Crippen LogP contribution < -0.4 is 0 Å². The Hall–Kier alpha value is -0.330. The summed E-state index contributed by atoms with van der Waals surface area (Å²) in [6.45, 7) is 2.29. The van der Waals surface area contributed by atoms with Crippen LogP contribution in [-0.4, -0.2) is 5.78 Å². The second kappa shape index (κ2) is 9.39. The molecule has 24 heavy (non-hydrogen) atoms. The quantitative estimate of drug-likeness (QED) is 0.493. The van der Waals surface area contributed by atoms with E-state index >= 15 is 0 Å². The van der Waals surface area contributed by atoms with E-state index < -0.39 is 0 Å². The standard InChI is InChI=1S/C23H40O/c1-2-6-18-11-15-21(16-12-18)23(24)10-5-7-19-13-14-20-8-3-4-9-22(20)17-19/h18-22H,2-17H2,1H3. The van der Waals surface area contributed by atoms with Crippen LogP contribution in [0.1, 0.15) is 110 Å². The number of fused-ring (bicyclic) bond motifs is 1. The third-order valence-corrected chi connectivity index (χ3v) is 7.68. The number of hydrogen-bond acceptors (Lipinski definition) is 1. The Labute approximate surface area is 150 Å². The van der Waals surface area contributed by atoms with Gasteiger partial charge in [0, 0.05) is 12.3 Å². The fraction of sp³-hybridized carbons (Fsp3) is 0.957. The van der Waals surface area contributed by atoms with Crippen molar-refractivity contribution in [3.8, 4) is 0 Å². The predicted molar refractivity (Wildman–Crippen MR) is 102 cm³/mol. The van der Waals surface area contributed by atoms with Gasteiger partial charge in [0.05, 0.1) is 0 Å². The van der Waals surface area contributed by atoms with Crippen LogP contribution in [0.15, 0.2) is 0 Å². The largest absolute Gasteiger partial charge is 0.299 e. The zero-order valence-corrected chi connectivity index (χ0v) is 16.1. The second-order valence-electron chi connectivity index (χ2n) is 9.35. The number of carbonyl (C=O) groups excluding carboxylic acids is 1. The van der Waals surface area contributed by atoms with Gasteiger partial charge in [0.1, 0.15) is 5.78 Å². The normalized spacial score (nSPS) is 37.0. The topological polar surface area (TPSA) is 17.1 Å². The van der Waals surface area contributed by atoms with Crippen LogP contribution in [0.2, 0.25) is 0 Å². The van der Waals surface area contributed by atoms with Crippen molar-refractivity contribution in [1.82, 2.24) is 0 Å². The summed E-state index contributed by atoms with van der Waals surface area (Å²) >= 11 is 0. The second-order valence-corrected chi connectivity index (χ2v) is 9.35. The van der Waals surface area contributed by atoms with Gasteiger partial charge in [0.15, 0.2) is 0 Å². The van der Waals surface area contributed by atoms with Crippen LogP contribution in [0.3, 0.4) is 0 Å². The van der Waals surface area contributed by atoms with Gasteiger partial charge in [0.25, 0.3) is 0 Å². The van der Waals surface area contributed by atoms with E-state index in [4.69, 9.17) is 0 Å². The molecule has 0 bridgehead atoms. The van der Waals surface area contributed by atoms with Gasteiger partial charge in [-0.2, -0.15) is 0 Å². The van der Waals surface area contributed by atoms with Crippen molar-refractivity contribution in [3.63, 3.8) is 0 Å². The average molecular weight is 333 g/mol. The van der Waals surface area contributed by atoms with Crippen LogP contribution in [0.25, 0.3) is 0 Å². The zero-order chi connectivity index (χ0) is 16.8. The summed E-state index contributed by atoms with van der Waals surface area (Å²) in [5.41, 5.74) is 0. The monoisotopic (exact) mass is 332 g/mol. The summed E-state index contributed by atoms with van der Waals surface area (Å²) in [6.07, 6.45) is 21.5. The van der Waals surface area contributed by atoms with E-state index in [1.807, 2.05) is 0 Å². The van der Waals surface area contributed by atoms with Crippen LogP contribution >= 0.6 is 0 Å². The molecule has 0 aromatic heterocycles. The highest BCUT2D eigenvalue weighted by Crippen LogP contribution is 2.44. The number of hydrogen-bond donors (Lipinski definition) is 0. The van der Waals surface area contributed by atoms with E-state index in [1.54, 1.807) is 0 Å². The average Bonchev–Trinajstić information content (AvgIpc) is 2.62. The maximum absolute atomic E-state index is 12.5. The Morgan fingerprint density at radius 3 is 2.25 bits per heavy atom. The Kier molecular flexibility index (Phi) is 7.22. The van der Waals surface area contributed by atoms with E-state index in [1.165, 1.54) is 96.3 Å². The minimum atomic E-state index is 0.423. The molecule has 3 fully saturated rings. The summed E-state index contributed by atoms with van der Waals surface area (Å²) in [5.74, 6) is 5.00. The lowest BCUT2D eigenvalue weighted by molar-refractivity contribution is -0.124. The molecule has 3 rings (SSSR count). The fourth-order valence-corrected chi connectivity index (χ4v) is 6.18. The van der Waals surface area contributed by atoms with Crippen LogP contribution in [0, 0.1) is 29.6 Å². The van der Waals surface area contributed by atoms with E-state index in [2.05, 4.69) is 6.92 Å². The lowest BCUT2D eigenvalue weighted by Crippen LogP contribution is -2.28. The summed E-state index contributed by atoms with van der Waals surface area (Å²) in [7, 11) is 0. The van der Waals surface area contributed by atoms with Crippen LogP contribution in [0.4, 0.5) is 0 Å². The number of ketones is 1. The fourth-order valence-electron chi connectivity index (χ4n) is 6.18. The SMILES string of the molecule is CCCC1CCC(C(=O)CCCC2CCC3CCCCC3C2)CC1. The van der Waals surface area contributed by atoms with Crippen molar-refractivity contribution in [2.45, 2.75) is 110 Å². The molecule has 0 radical (unpaired) electrons. The molecule has 3 saturated carbocycles. The molecule has 0 heterocycles. The molecule has 3 atom stereocenters. The Bertz CT molecular complexity index is 379. The first kappa shape index (κ1) is 18.5. The molecule has 0 spiro atoms. The van der Waals surface area contributed by atoms with Gasteiger partial charge < -0.3 is 0 Å². The third-order valence-electron chi connectivity index (χ3n) is 7.68. The molecule has 3 aliphatic rings. The van der Waals surface area contributed by atoms with Crippen molar-refractivity contribution >= 4 is 5.78 Å². The molecule has 0 saturated heterocycles. The van der Waals surface area contributed by atoms with E-state index in [0.29, 0.717) is 11.7 Å². The number of carbonyl (C=O) groups is 1. The van der Waals surface area contributed by atoms with E-state index in [-0.39, 0.29) is 0 Å². The molecule has 0 N–H and O–H groups in total. The Morgan fingerprint density at radius 2 is 1.50 bits per heavy atom. The molecule has 0 aromatic carbocycles. The molecule has 3 unspecified atom stereocenters. The highest BCUT2D eigenvalue weighted by Gasteiger charge is 2.32. The third kappa shape index (κ3) is 5.09. The van der Waals surface area contributed by atoms with Gasteiger partial charge in [-0.3, -0.25) is 4.79 Å². The molecular formula is C23H40O. The van der Waals surface area contributed by atoms with Gasteiger partial charge in [-0.15, -0.1) is 0 Å². The number of rotatable bonds is 7. The minimum absolute atomic E-state index is 0.423. The van der Waals surface area contributed by atoms with E-state index in [9.17, 15) is 4.79 Å². The summed E-state index contributed by atoms with van der Waals surface area (Å²) in [5, 5.41) is 0. The van der Waals surface area contributed by atoms with Crippen molar-refractivity contribution in [1.29, 1.82) is 0 Å². The highest BCUT2D eigenvalue weighted by molar-refractivity contribution is 5.81. The zero-order valence-electron chi connectivity index (χ0n) is 16.1. The minimum Gasteiger partial charge on any atom is -0.299 e. The summed E-state index contributed by atoms with van der Waals surface area (Å²) < 4.78 is 0. The molecule has 0 aromatic rings. The smallest absolute Gasteiger partial charge is 0.135 e. The Morgan fingerprint density at radius 1 is 0.792 bits per heavy atom. The molecule has 1 nitrogen and oxygen atoms in total. The predicted octanol–water partition coefficient (Wildman–Crippen LogP) is 6.94. The lowest BCUT2D eigenvalue weighted by atomic mass is 9.66. The first-order valence-electron chi connectivity index (χ1n) is 11.3. The molecule has 0 aliphatic heterocycles. The first-order valence-corrected chi connectivity index (χ1v) is 11.3.